The molecule has 124 valence electrons. The molecule has 0 radical (unpaired) electrons. The minimum Gasteiger partial charge on any atom is -0.478 e. The Kier molecular flexibility index (Phi) is 6.30. The molecular formula is C18H23IN2OS. The van der Waals surface area contributed by atoms with E-state index in [-0.39, 0.29) is 0 Å². The maximum Gasteiger partial charge on any atom is 0.187 e. The van der Waals surface area contributed by atoms with Gasteiger partial charge >= 0.3 is 0 Å². The number of nitrogens with one attached hydrogen (secondary N) is 2. The molecule has 0 fully saturated rings. The van der Waals surface area contributed by atoms with Crippen molar-refractivity contribution < 1.29 is 4.74 Å². The Morgan fingerprint density at radius 2 is 2.26 bits per heavy atom. The summed E-state index contributed by atoms with van der Waals surface area (Å²) in [4.78, 5) is 0. The van der Waals surface area contributed by atoms with Crippen molar-refractivity contribution in [2.45, 2.75) is 37.6 Å². The second kappa shape index (κ2) is 8.44. The number of fused-ring (bicyclic) bond motifs is 1. The normalized spacial score (nSPS) is 20.6. The number of halogens is 1. The lowest BCUT2D eigenvalue weighted by atomic mass is 10.0. The van der Waals surface area contributed by atoms with E-state index in [9.17, 15) is 0 Å². The van der Waals surface area contributed by atoms with Gasteiger partial charge in [-0.05, 0) is 70.2 Å². The van der Waals surface area contributed by atoms with Crippen molar-refractivity contribution in [3.8, 4) is 0 Å². The molecule has 1 aromatic carbocycles. The lowest BCUT2D eigenvalue weighted by Crippen LogP contribution is -2.29. The molecule has 2 unspecified atom stereocenters. The molecule has 1 aromatic rings. The lowest BCUT2D eigenvalue weighted by Gasteiger charge is -2.20. The van der Waals surface area contributed by atoms with Crippen molar-refractivity contribution in [1.82, 2.24) is 10.6 Å². The predicted octanol–water partition coefficient (Wildman–Crippen LogP) is 4.25. The van der Waals surface area contributed by atoms with Crippen LogP contribution in [0.1, 0.15) is 36.1 Å². The van der Waals surface area contributed by atoms with E-state index in [0.717, 1.165) is 12.4 Å². The summed E-state index contributed by atoms with van der Waals surface area (Å²) in [7, 11) is 1.74. The molecule has 2 aliphatic rings. The van der Waals surface area contributed by atoms with Gasteiger partial charge in [0.25, 0.3) is 0 Å². The molecular weight excluding hydrogens is 419 g/mol. The summed E-state index contributed by atoms with van der Waals surface area (Å²) in [5.41, 5.74) is 4.46. The van der Waals surface area contributed by atoms with Crippen molar-refractivity contribution in [2.24, 2.45) is 0 Å². The van der Waals surface area contributed by atoms with Crippen LogP contribution in [0.4, 0.5) is 0 Å². The van der Waals surface area contributed by atoms with Crippen LogP contribution in [0.3, 0.4) is 0 Å². The number of allylic oxidation sites excluding steroid dienone is 2. The Hall–Kier alpha value is -0.660. The molecule has 2 atom stereocenters. The van der Waals surface area contributed by atoms with Gasteiger partial charge in [0.1, 0.15) is 12.0 Å². The molecule has 2 N–H and O–H groups in total. The average molecular weight is 442 g/mol. The zero-order valence-electron chi connectivity index (χ0n) is 13.3. The van der Waals surface area contributed by atoms with E-state index in [1.165, 1.54) is 36.0 Å². The van der Waals surface area contributed by atoms with E-state index < -0.39 is 0 Å². The second-order valence-corrected chi connectivity index (χ2v) is 8.19. The Bertz CT molecular complexity index is 603. The van der Waals surface area contributed by atoms with Crippen LogP contribution < -0.4 is 10.6 Å². The minimum absolute atomic E-state index is 0.300. The third-order valence-electron chi connectivity index (χ3n) is 4.35. The van der Waals surface area contributed by atoms with Crippen molar-refractivity contribution in [3.05, 3.63) is 59.0 Å². The Morgan fingerprint density at radius 3 is 3.13 bits per heavy atom. The standard InChI is InChI=1S/C18H23IN2OS/c1-13(15-9-8-14-4-2-5-16(14)12-15)20-10-11-22-17-6-3-7-18(21-17)23-19/h3,6-9,12-13,18,20-21H,2,4-5,10-11H2,1H3. The highest BCUT2D eigenvalue weighted by atomic mass is 127. The molecule has 1 aliphatic heterocycles. The van der Waals surface area contributed by atoms with Gasteiger partial charge in [-0.1, -0.05) is 39.3 Å². The fraction of sp³-hybridized carbons (Fsp3) is 0.444. The SMILES string of the molecule is CC(NCCOC1=CC=CC(SI)N1)c1ccc2c(c1)CCC2. The van der Waals surface area contributed by atoms with Crippen LogP contribution in [0.2, 0.25) is 0 Å². The molecule has 0 saturated heterocycles. The first kappa shape index (κ1) is 17.2. The van der Waals surface area contributed by atoms with Gasteiger partial charge in [-0.2, -0.15) is 0 Å². The predicted molar refractivity (Wildman–Crippen MR) is 107 cm³/mol. The number of aryl methyl sites for hydroxylation is 2. The fourth-order valence-electron chi connectivity index (χ4n) is 3.04. The zero-order chi connectivity index (χ0) is 16.1. The highest BCUT2D eigenvalue weighted by Crippen LogP contribution is 2.25. The summed E-state index contributed by atoms with van der Waals surface area (Å²) in [5.74, 6) is 0.855. The second-order valence-electron chi connectivity index (χ2n) is 5.98. The maximum atomic E-state index is 5.79. The molecule has 0 bridgehead atoms. The highest BCUT2D eigenvalue weighted by molar-refractivity contribution is 14.2. The summed E-state index contributed by atoms with van der Waals surface area (Å²) in [6, 6.07) is 7.30. The number of dihydropyridines is 1. The number of benzene rings is 1. The van der Waals surface area contributed by atoms with Crippen molar-refractivity contribution in [2.75, 3.05) is 13.2 Å². The first-order valence-electron chi connectivity index (χ1n) is 8.16. The van der Waals surface area contributed by atoms with Crippen LogP contribution in [0.5, 0.6) is 0 Å². The van der Waals surface area contributed by atoms with Gasteiger partial charge < -0.3 is 15.4 Å². The van der Waals surface area contributed by atoms with E-state index in [0.29, 0.717) is 18.0 Å². The van der Waals surface area contributed by atoms with E-state index in [2.05, 4.69) is 63.0 Å². The summed E-state index contributed by atoms with van der Waals surface area (Å²) >= 11 is 2.30. The number of rotatable bonds is 7. The van der Waals surface area contributed by atoms with Crippen LogP contribution in [-0.4, -0.2) is 18.5 Å². The molecule has 0 spiro atoms. The van der Waals surface area contributed by atoms with Crippen LogP contribution >= 0.6 is 30.1 Å². The average Bonchev–Trinajstić information content (AvgIpc) is 3.06. The largest absolute Gasteiger partial charge is 0.478 e. The first-order valence-corrected chi connectivity index (χ1v) is 11.6. The lowest BCUT2D eigenvalue weighted by molar-refractivity contribution is 0.188. The molecule has 5 heteroatoms. The van der Waals surface area contributed by atoms with Gasteiger partial charge in [-0.15, -0.1) is 0 Å². The molecule has 0 amide bonds. The smallest absolute Gasteiger partial charge is 0.187 e. The Balaban J connectivity index is 1.42. The van der Waals surface area contributed by atoms with Crippen LogP contribution in [0, 0.1) is 0 Å². The Labute approximate surface area is 154 Å². The van der Waals surface area contributed by atoms with Gasteiger partial charge in [0, 0.05) is 12.6 Å². The molecule has 1 aliphatic carbocycles. The molecule has 0 saturated carbocycles. The highest BCUT2D eigenvalue weighted by Gasteiger charge is 2.13. The van der Waals surface area contributed by atoms with Gasteiger partial charge in [-0.25, -0.2) is 0 Å². The molecule has 1 heterocycles. The monoisotopic (exact) mass is 442 g/mol. The van der Waals surface area contributed by atoms with Crippen molar-refractivity contribution >= 4 is 30.1 Å². The Morgan fingerprint density at radius 1 is 1.39 bits per heavy atom. The van der Waals surface area contributed by atoms with E-state index in [1.54, 1.807) is 8.93 Å². The van der Waals surface area contributed by atoms with Gasteiger partial charge in [0.15, 0.2) is 5.88 Å². The van der Waals surface area contributed by atoms with Crippen molar-refractivity contribution in [1.29, 1.82) is 0 Å². The third kappa shape index (κ3) is 4.67. The van der Waals surface area contributed by atoms with E-state index >= 15 is 0 Å². The zero-order valence-corrected chi connectivity index (χ0v) is 16.3. The maximum absolute atomic E-state index is 5.79. The number of hydrogen-bond donors (Lipinski definition) is 2. The van der Waals surface area contributed by atoms with Crippen molar-refractivity contribution in [3.63, 3.8) is 0 Å². The number of hydrogen-bond acceptors (Lipinski definition) is 4. The third-order valence-corrected chi connectivity index (χ3v) is 6.46. The fourth-order valence-corrected chi connectivity index (χ4v) is 4.24. The molecule has 23 heavy (non-hydrogen) atoms. The van der Waals surface area contributed by atoms with E-state index in [1.807, 2.05) is 12.2 Å². The summed E-state index contributed by atoms with van der Waals surface area (Å²) < 4.78 is 5.79. The molecule has 0 aromatic heterocycles. The minimum atomic E-state index is 0.300. The van der Waals surface area contributed by atoms with E-state index in [4.69, 9.17) is 4.74 Å². The quantitative estimate of drug-likeness (QED) is 0.489. The first-order chi connectivity index (χ1) is 11.3. The summed E-state index contributed by atoms with van der Waals surface area (Å²) in [6.07, 6.45) is 9.94. The van der Waals surface area contributed by atoms with Crippen LogP contribution in [0.15, 0.2) is 42.3 Å². The van der Waals surface area contributed by atoms with Crippen LogP contribution in [-0.2, 0) is 17.6 Å². The van der Waals surface area contributed by atoms with Gasteiger partial charge in [0.05, 0.1) is 0 Å². The topological polar surface area (TPSA) is 33.3 Å². The number of ether oxygens (including phenoxy) is 1. The van der Waals surface area contributed by atoms with Gasteiger partial charge in [0.2, 0.25) is 0 Å². The van der Waals surface area contributed by atoms with Crippen LogP contribution in [0.25, 0.3) is 0 Å². The molecule has 3 rings (SSSR count). The summed E-state index contributed by atoms with van der Waals surface area (Å²) in [5, 5.41) is 7.18. The molecule has 3 nitrogen and oxygen atoms in total. The summed E-state index contributed by atoms with van der Waals surface area (Å²) in [6.45, 7) is 3.73. The van der Waals surface area contributed by atoms with Gasteiger partial charge in [-0.3, -0.25) is 0 Å².